The van der Waals surface area contributed by atoms with Crippen LogP contribution in [0.25, 0.3) is 16.6 Å². The van der Waals surface area contributed by atoms with E-state index in [1.165, 1.54) is 11.8 Å². The highest BCUT2D eigenvalue weighted by molar-refractivity contribution is 7.99. The molecule has 26 heavy (non-hydrogen) atoms. The van der Waals surface area contributed by atoms with E-state index in [-0.39, 0.29) is 17.9 Å². The summed E-state index contributed by atoms with van der Waals surface area (Å²) in [5.74, 6) is 0.811. The molecule has 0 aliphatic rings. The number of thioether (sulfide) groups is 1. The lowest BCUT2D eigenvalue weighted by atomic mass is 10.2. The molecule has 1 amide bonds. The van der Waals surface area contributed by atoms with Crippen LogP contribution in [0.15, 0.2) is 58.5 Å². The molecule has 0 atom stereocenters. The number of fused-ring (bicyclic) bond motifs is 1. The summed E-state index contributed by atoms with van der Waals surface area (Å²) in [5.41, 5.74) is 6.38. The molecule has 0 aliphatic carbocycles. The van der Waals surface area contributed by atoms with Crippen LogP contribution in [0.5, 0.6) is 5.75 Å². The van der Waals surface area contributed by atoms with Crippen LogP contribution in [-0.2, 0) is 4.79 Å². The van der Waals surface area contributed by atoms with Crippen LogP contribution in [0.4, 0.5) is 0 Å². The first-order chi connectivity index (χ1) is 12.6. The van der Waals surface area contributed by atoms with Gasteiger partial charge in [0.25, 0.3) is 5.56 Å². The van der Waals surface area contributed by atoms with Crippen molar-refractivity contribution in [3.8, 4) is 11.4 Å². The van der Waals surface area contributed by atoms with Gasteiger partial charge >= 0.3 is 0 Å². The number of amides is 1. The number of primary amides is 1. The lowest BCUT2D eigenvalue weighted by Crippen LogP contribution is -2.22. The van der Waals surface area contributed by atoms with Crippen LogP contribution in [0, 0.1) is 0 Å². The fraction of sp³-hybridized carbons (Fsp3) is 0.211. The van der Waals surface area contributed by atoms with Gasteiger partial charge in [-0.15, -0.1) is 0 Å². The molecule has 0 unspecified atom stereocenters. The number of carbonyl (C=O) groups is 1. The van der Waals surface area contributed by atoms with E-state index in [4.69, 9.17) is 10.5 Å². The zero-order valence-corrected chi connectivity index (χ0v) is 15.2. The van der Waals surface area contributed by atoms with Crippen molar-refractivity contribution in [2.75, 3.05) is 12.4 Å². The predicted octanol–water partition coefficient (Wildman–Crippen LogP) is 2.75. The summed E-state index contributed by atoms with van der Waals surface area (Å²) in [5, 5.41) is 1.07. The van der Waals surface area contributed by atoms with Crippen LogP contribution >= 0.6 is 11.8 Å². The van der Waals surface area contributed by atoms with Gasteiger partial charge in [0.1, 0.15) is 5.75 Å². The standard InChI is InChI=1S/C19H19N3O3S/c1-2-25-14-9-7-13(8-10-14)22-18(24)15-5-3-4-6-16(15)21-19(22)26-12-11-17(20)23/h3-10H,2,11-12H2,1H3,(H2,20,23). The van der Waals surface area contributed by atoms with Gasteiger partial charge in [-0.05, 0) is 43.3 Å². The van der Waals surface area contributed by atoms with E-state index < -0.39 is 0 Å². The van der Waals surface area contributed by atoms with Crippen LogP contribution in [-0.4, -0.2) is 27.8 Å². The first kappa shape index (κ1) is 18.0. The molecule has 0 saturated carbocycles. The first-order valence-corrected chi connectivity index (χ1v) is 9.25. The number of rotatable bonds is 7. The van der Waals surface area contributed by atoms with E-state index >= 15 is 0 Å². The molecule has 134 valence electrons. The first-order valence-electron chi connectivity index (χ1n) is 8.26. The largest absolute Gasteiger partial charge is 0.494 e. The Morgan fingerprint density at radius 1 is 1.19 bits per heavy atom. The van der Waals surface area contributed by atoms with E-state index in [1.807, 2.05) is 43.3 Å². The maximum Gasteiger partial charge on any atom is 0.266 e. The molecule has 3 rings (SSSR count). The molecular formula is C19H19N3O3S. The smallest absolute Gasteiger partial charge is 0.266 e. The van der Waals surface area contributed by atoms with Crippen LogP contribution in [0.1, 0.15) is 13.3 Å². The summed E-state index contributed by atoms with van der Waals surface area (Å²) in [4.78, 5) is 28.7. The van der Waals surface area contributed by atoms with E-state index in [0.29, 0.717) is 34.1 Å². The third kappa shape index (κ3) is 3.88. The lowest BCUT2D eigenvalue weighted by molar-refractivity contribution is -0.117. The lowest BCUT2D eigenvalue weighted by Gasteiger charge is -2.13. The number of ether oxygens (including phenoxy) is 1. The minimum absolute atomic E-state index is 0.152. The maximum atomic E-state index is 13.0. The van der Waals surface area contributed by atoms with Crippen molar-refractivity contribution in [2.24, 2.45) is 5.73 Å². The van der Waals surface area contributed by atoms with Crippen molar-refractivity contribution in [3.05, 3.63) is 58.9 Å². The van der Waals surface area contributed by atoms with Crippen LogP contribution in [0.3, 0.4) is 0 Å². The highest BCUT2D eigenvalue weighted by Crippen LogP contribution is 2.23. The summed E-state index contributed by atoms with van der Waals surface area (Å²) < 4.78 is 7.02. The van der Waals surface area contributed by atoms with Gasteiger partial charge in [0.2, 0.25) is 5.91 Å². The quantitative estimate of drug-likeness (QED) is 0.511. The predicted molar refractivity (Wildman–Crippen MR) is 103 cm³/mol. The summed E-state index contributed by atoms with van der Waals surface area (Å²) in [6, 6.07) is 14.5. The van der Waals surface area contributed by atoms with Crippen molar-refractivity contribution in [2.45, 2.75) is 18.5 Å². The monoisotopic (exact) mass is 369 g/mol. The van der Waals surface area contributed by atoms with E-state index in [9.17, 15) is 9.59 Å². The number of hydrogen-bond donors (Lipinski definition) is 1. The SMILES string of the molecule is CCOc1ccc(-n2c(SCCC(N)=O)nc3ccccc3c2=O)cc1. The average molecular weight is 369 g/mol. The second kappa shape index (κ2) is 8.05. The molecule has 0 radical (unpaired) electrons. The Bertz CT molecular complexity index is 983. The summed E-state index contributed by atoms with van der Waals surface area (Å²) in [6.07, 6.45) is 0.219. The fourth-order valence-electron chi connectivity index (χ4n) is 2.54. The Morgan fingerprint density at radius 3 is 2.62 bits per heavy atom. The molecule has 1 aromatic heterocycles. The number of nitrogens with zero attached hydrogens (tertiary/aromatic N) is 2. The normalized spacial score (nSPS) is 10.8. The van der Waals surface area contributed by atoms with Gasteiger partial charge in [-0.3, -0.25) is 14.2 Å². The second-order valence-corrected chi connectivity index (χ2v) is 6.61. The van der Waals surface area contributed by atoms with Crippen molar-refractivity contribution in [1.29, 1.82) is 0 Å². The highest BCUT2D eigenvalue weighted by Gasteiger charge is 2.13. The minimum atomic E-state index is -0.381. The Balaban J connectivity index is 2.09. The molecule has 0 bridgehead atoms. The number of carbonyl (C=O) groups excluding carboxylic acids is 1. The van der Waals surface area contributed by atoms with E-state index in [1.54, 1.807) is 16.7 Å². The molecule has 6 nitrogen and oxygen atoms in total. The van der Waals surface area contributed by atoms with E-state index in [0.717, 1.165) is 5.75 Å². The Labute approximate surface area is 155 Å². The summed E-state index contributed by atoms with van der Waals surface area (Å²) >= 11 is 1.33. The van der Waals surface area contributed by atoms with E-state index in [2.05, 4.69) is 4.98 Å². The third-order valence-corrected chi connectivity index (χ3v) is 4.67. The number of aromatic nitrogens is 2. The molecule has 0 saturated heterocycles. The number of nitrogens with two attached hydrogens (primary N) is 1. The summed E-state index contributed by atoms with van der Waals surface area (Å²) in [7, 11) is 0. The molecule has 0 spiro atoms. The summed E-state index contributed by atoms with van der Waals surface area (Å²) in [6.45, 7) is 2.49. The molecule has 2 N–H and O–H groups in total. The molecule has 3 aromatic rings. The Hall–Kier alpha value is -2.80. The molecule has 2 aromatic carbocycles. The van der Waals surface area contributed by atoms with Gasteiger partial charge in [-0.1, -0.05) is 23.9 Å². The van der Waals surface area contributed by atoms with Crippen molar-refractivity contribution in [1.82, 2.24) is 9.55 Å². The molecule has 1 heterocycles. The van der Waals surface area contributed by atoms with Crippen molar-refractivity contribution < 1.29 is 9.53 Å². The van der Waals surface area contributed by atoms with Gasteiger partial charge in [0.15, 0.2) is 5.16 Å². The van der Waals surface area contributed by atoms with Crippen LogP contribution in [0.2, 0.25) is 0 Å². The zero-order valence-electron chi connectivity index (χ0n) is 14.3. The zero-order chi connectivity index (χ0) is 18.5. The average Bonchev–Trinajstić information content (AvgIpc) is 2.63. The molecule has 0 fully saturated rings. The maximum absolute atomic E-state index is 13.0. The Kier molecular flexibility index (Phi) is 5.58. The van der Waals surface area contributed by atoms with Crippen LogP contribution < -0.4 is 16.0 Å². The molecular weight excluding hydrogens is 350 g/mol. The topological polar surface area (TPSA) is 87.2 Å². The van der Waals surface area contributed by atoms with Gasteiger partial charge in [0, 0.05) is 12.2 Å². The van der Waals surface area contributed by atoms with Crippen molar-refractivity contribution >= 4 is 28.6 Å². The van der Waals surface area contributed by atoms with Gasteiger partial charge in [-0.2, -0.15) is 0 Å². The highest BCUT2D eigenvalue weighted by atomic mass is 32.2. The van der Waals surface area contributed by atoms with Gasteiger partial charge in [-0.25, -0.2) is 4.98 Å². The van der Waals surface area contributed by atoms with Crippen molar-refractivity contribution in [3.63, 3.8) is 0 Å². The fourth-order valence-corrected chi connectivity index (χ4v) is 3.50. The molecule has 7 heteroatoms. The van der Waals surface area contributed by atoms with Gasteiger partial charge < -0.3 is 10.5 Å². The third-order valence-electron chi connectivity index (χ3n) is 3.73. The number of benzene rings is 2. The molecule has 0 aliphatic heterocycles. The number of hydrogen-bond acceptors (Lipinski definition) is 5. The minimum Gasteiger partial charge on any atom is -0.494 e. The number of para-hydroxylation sites is 1. The van der Waals surface area contributed by atoms with Gasteiger partial charge in [0.05, 0.1) is 23.2 Å². The Morgan fingerprint density at radius 2 is 1.92 bits per heavy atom. The second-order valence-electron chi connectivity index (χ2n) is 5.54.